The maximum atomic E-state index is 11.8. The molecule has 0 radical (unpaired) electrons. The fourth-order valence-electron chi connectivity index (χ4n) is 1.31. The molecule has 6 heteroatoms. The zero-order chi connectivity index (χ0) is 13.2. The predicted octanol–water partition coefficient (Wildman–Crippen LogP) is 1.05. The van der Waals surface area contributed by atoms with Gasteiger partial charge in [-0.2, -0.15) is 0 Å². The molecule has 92 valence electrons. The van der Waals surface area contributed by atoms with Gasteiger partial charge in [-0.25, -0.2) is 4.79 Å². The monoisotopic (exact) mass is 254 g/mol. The number of nitrogens with two attached hydrogens (primary N) is 1. The summed E-state index contributed by atoms with van der Waals surface area (Å²) in [5.74, 6) is -0.778. The van der Waals surface area contributed by atoms with Crippen molar-refractivity contribution in [2.75, 3.05) is 26.9 Å². The highest BCUT2D eigenvalue weighted by atomic mass is 32.1. The molecule has 0 saturated carbocycles. The number of hydrogen-bond acceptors (Lipinski definition) is 5. The van der Waals surface area contributed by atoms with E-state index in [-0.39, 0.29) is 22.1 Å². The van der Waals surface area contributed by atoms with E-state index in [1.54, 1.807) is 14.1 Å². The lowest BCUT2D eigenvalue weighted by atomic mass is 10.1. The van der Waals surface area contributed by atoms with Crippen molar-refractivity contribution in [1.82, 2.24) is 4.90 Å². The Balaban J connectivity index is 3.29. The maximum Gasteiger partial charge on any atom is 0.339 e. The van der Waals surface area contributed by atoms with Gasteiger partial charge in [-0.15, -0.1) is 12.6 Å². The number of benzene rings is 1. The largest absolute Gasteiger partial charge is 0.465 e. The van der Waals surface area contributed by atoms with Crippen LogP contribution in [0.15, 0.2) is 17.0 Å². The molecule has 1 rings (SSSR count). The second-order valence-corrected chi connectivity index (χ2v) is 4.06. The molecule has 0 fully saturated rings. The number of nitrogen functional groups attached to an aromatic ring is 1. The Morgan fingerprint density at radius 2 is 1.82 bits per heavy atom. The van der Waals surface area contributed by atoms with Crippen LogP contribution in [0.3, 0.4) is 0 Å². The van der Waals surface area contributed by atoms with Crippen molar-refractivity contribution in [3.63, 3.8) is 0 Å². The first-order valence-corrected chi connectivity index (χ1v) is 5.26. The van der Waals surface area contributed by atoms with Gasteiger partial charge in [0.2, 0.25) is 0 Å². The number of amides is 1. The van der Waals surface area contributed by atoms with Gasteiger partial charge in [0.1, 0.15) is 0 Å². The van der Waals surface area contributed by atoms with Crippen LogP contribution in [-0.2, 0) is 4.74 Å². The molecule has 0 bridgehead atoms. The van der Waals surface area contributed by atoms with Crippen LogP contribution in [0.25, 0.3) is 0 Å². The number of rotatable bonds is 2. The number of thiol groups is 1. The van der Waals surface area contributed by atoms with Crippen molar-refractivity contribution >= 4 is 30.2 Å². The number of esters is 1. The van der Waals surface area contributed by atoms with Crippen molar-refractivity contribution in [2.24, 2.45) is 0 Å². The maximum absolute atomic E-state index is 11.8. The Hall–Kier alpha value is -1.69. The van der Waals surface area contributed by atoms with E-state index in [1.807, 2.05) is 0 Å². The summed E-state index contributed by atoms with van der Waals surface area (Å²) in [6, 6.07) is 2.96. The van der Waals surface area contributed by atoms with Crippen LogP contribution in [0.2, 0.25) is 0 Å². The summed E-state index contributed by atoms with van der Waals surface area (Å²) >= 11 is 4.14. The zero-order valence-electron chi connectivity index (χ0n) is 9.85. The second kappa shape index (κ2) is 5.09. The molecule has 1 amide bonds. The third kappa shape index (κ3) is 2.52. The molecule has 1 aromatic rings. The first kappa shape index (κ1) is 13.4. The number of anilines is 1. The molecule has 5 nitrogen and oxygen atoms in total. The molecule has 1 aromatic carbocycles. The molecule has 0 unspecified atom stereocenters. The Labute approximate surface area is 105 Å². The van der Waals surface area contributed by atoms with E-state index in [2.05, 4.69) is 17.4 Å². The summed E-state index contributed by atoms with van der Waals surface area (Å²) in [4.78, 5) is 24.8. The summed E-state index contributed by atoms with van der Waals surface area (Å²) < 4.78 is 4.58. The topological polar surface area (TPSA) is 72.6 Å². The van der Waals surface area contributed by atoms with Gasteiger partial charge < -0.3 is 15.4 Å². The fourth-order valence-corrected chi connectivity index (χ4v) is 1.60. The van der Waals surface area contributed by atoms with Crippen LogP contribution >= 0.6 is 12.6 Å². The Morgan fingerprint density at radius 1 is 1.29 bits per heavy atom. The van der Waals surface area contributed by atoms with E-state index >= 15 is 0 Å². The van der Waals surface area contributed by atoms with E-state index in [4.69, 9.17) is 5.73 Å². The lowest BCUT2D eigenvalue weighted by Gasteiger charge is -2.14. The van der Waals surface area contributed by atoms with E-state index in [9.17, 15) is 9.59 Å². The van der Waals surface area contributed by atoms with Gasteiger partial charge in [0, 0.05) is 19.0 Å². The Kier molecular flexibility index (Phi) is 4.01. The summed E-state index contributed by atoms with van der Waals surface area (Å²) in [5, 5.41) is 0. The SMILES string of the molecule is COC(=O)c1ccc(C(=O)N(C)C)c(N)c1S. The number of nitrogens with zero attached hydrogens (tertiary/aromatic N) is 1. The second-order valence-electron chi connectivity index (χ2n) is 3.61. The minimum Gasteiger partial charge on any atom is -0.465 e. The molecule has 0 heterocycles. The van der Waals surface area contributed by atoms with E-state index < -0.39 is 5.97 Å². The predicted molar refractivity (Wildman–Crippen MR) is 67.5 cm³/mol. The summed E-state index contributed by atoms with van der Waals surface area (Å²) in [7, 11) is 4.51. The molecule has 17 heavy (non-hydrogen) atoms. The molecule has 0 aromatic heterocycles. The van der Waals surface area contributed by atoms with Gasteiger partial charge in [-0.1, -0.05) is 0 Å². The molecule has 2 N–H and O–H groups in total. The van der Waals surface area contributed by atoms with Crippen LogP contribution in [0.1, 0.15) is 20.7 Å². The molecule has 0 aliphatic carbocycles. The van der Waals surface area contributed by atoms with Crippen molar-refractivity contribution in [1.29, 1.82) is 0 Å². The smallest absolute Gasteiger partial charge is 0.339 e. The van der Waals surface area contributed by atoms with Crippen LogP contribution < -0.4 is 5.73 Å². The number of carbonyl (C=O) groups is 2. The average molecular weight is 254 g/mol. The highest BCUT2D eigenvalue weighted by molar-refractivity contribution is 7.80. The number of carbonyl (C=O) groups excluding carboxylic acids is 2. The van der Waals surface area contributed by atoms with Crippen LogP contribution in [0.5, 0.6) is 0 Å². The lowest BCUT2D eigenvalue weighted by Crippen LogP contribution is -2.23. The third-order valence-electron chi connectivity index (χ3n) is 2.26. The van der Waals surface area contributed by atoms with Crippen molar-refractivity contribution < 1.29 is 14.3 Å². The molecular weight excluding hydrogens is 240 g/mol. The molecule has 0 aliphatic rings. The highest BCUT2D eigenvalue weighted by Crippen LogP contribution is 2.26. The lowest BCUT2D eigenvalue weighted by molar-refractivity contribution is 0.0596. The number of hydrogen-bond donors (Lipinski definition) is 2. The van der Waals surface area contributed by atoms with E-state index in [0.717, 1.165) is 0 Å². The van der Waals surface area contributed by atoms with Crippen LogP contribution in [0.4, 0.5) is 5.69 Å². The van der Waals surface area contributed by atoms with Gasteiger partial charge >= 0.3 is 5.97 Å². The van der Waals surface area contributed by atoms with Crippen molar-refractivity contribution in [3.8, 4) is 0 Å². The average Bonchev–Trinajstić information content (AvgIpc) is 2.30. The Morgan fingerprint density at radius 3 is 2.29 bits per heavy atom. The Bertz CT molecular complexity index is 472. The van der Waals surface area contributed by atoms with E-state index in [1.165, 1.54) is 24.1 Å². The summed E-state index contributed by atoms with van der Waals surface area (Å²) in [6.45, 7) is 0. The first-order chi connectivity index (χ1) is 7.90. The third-order valence-corrected chi connectivity index (χ3v) is 2.74. The van der Waals surface area contributed by atoms with Gasteiger partial charge in [0.15, 0.2) is 0 Å². The van der Waals surface area contributed by atoms with Gasteiger partial charge in [-0.3, -0.25) is 4.79 Å². The molecule has 0 spiro atoms. The number of methoxy groups -OCH3 is 1. The van der Waals surface area contributed by atoms with Gasteiger partial charge in [0.25, 0.3) is 5.91 Å². The highest BCUT2D eigenvalue weighted by Gasteiger charge is 2.19. The minimum atomic E-state index is -0.537. The fraction of sp³-hybridized carbons (Fsp3) is 0.273. The van der Waals surface area contributed by atoms with Crippen LogP contribution in [0, 0.1) is 0 Å². The summed E-state index contributed by atoms with van der Waals surface area (Å²) in [6.07, 6.45) is 0. The van der Waals surface area contributed by atoms with Crippen LogP contribution in [-0.4, -0.2) is 38.0 Å². The minimum absolute atomic E-state index is 0.176. The number of ether oxygens (including phenoxy) is 1. The standard InChI is InChI=1S/C11H14N2O3S/c1-13(2)10(14)6-4-5-7(11(15)16-3)9(17)8(6)12/h4-5,17H,12H2,1-3H3. The quantitative estimate of drug-likeness (QED) is 0.470. The first-order valence-electron chi connectivity index (χ1n) is 4.81. The van der Waals surface area contributed by atoms with Crippen molar-refractivity contribution in [3.05, 3.63) is 23.3 Å². The normalized spacial score (nSPS) is 9.88. The molecule has 0 saturated heterocycles. The molecular formula is C11H14N2O3S. The van der Waals surface area contributed by atoms with Gasteiger partial charge in [-0.05, 0) is 12.1 Å². The molecule has 0 aliphatic heterocycles. The molecule has 0 atom stereocenters. The van der Waals surface area contributed by atoms with Crippen molar-refractivity contribution in [2.45, 2.75) is 4.90 Å². The zero-order valence-corrected chi connectivity index (χ0v) is 10.7. The van der Waals surface area contributed by atoms with E-state index in [0.29, 0.717) is 5.56 Å². The summed E-state index contributed by atoms with van der Waals surface area (Å²) in [5.41, 5.74) is 6.51. The van der Waals surface area contributed by atoms with Gasteiger partial charge in [0.05, 0.1) is 23.9 Å².